The first-order valence-corrected chi connectivity index (χ1v) is 9.92. The number of hydrogen-bond donors (Lipinski definition) is 2. The molecule has 1 saturated carbocycles. The van der Waals surface area contributed by atoms with E-state index in [4.69, 9.17) is 4.74 Å². The largest absolute Gasteiger partial charge is 0.435 e. The van der Waals surface area contributed by atoms with E-state index >= 15 is 0 Å². The Morgan fingerprint density at radius 2 is 2.03 bits per heavy atom. The van der Waals surface area contributed by atoms with Crippen LogP contribution in [0.25, 0.3) is 0 Å². The van der Waals surface area contributed by atoms with Gasteiger partial charge >= 0.3 is 6.18 Å². The van der Waals surface area contributed by atoms with Crippen LogP contribution in [0.1, 0.15) is 37.2 Å². The van der Waals surface area contributed by atoms with E-state index in [-0.39, 0.29) is 24.1 Å². The molecule has 0 saturated heterocycles. The maximum atomic E-state index is 12.7. The molecular formula is C19H24F3N7O2. The summed E-state index contributed by atoms with van der Waals surface area (Å²) in [6.07, 6.45) is -2.21. The molecule has 168 valence electrons. The molecule has 12 heteroatoms. The van der Waals surface area contributed by atoms with Crippen molar-refractivity contribution >= 4 is 23.4 Å². The molecule has 2 aromatic rings. The molecule has 31 heavy (non-hydrogen) atoms. The number of ether oxygens (including phenoxy) is 1. The summed E-state index contributed by atoms with van der Waals surface area (Å²) in [7, 11) is 3.33. The maximum absolute atomic E-state index is 12.7. The predicted octanol–water partition coefficient (Wildman–Crippen LogP) is 2.61. The maximum Gasteiger partial charge on any atom is 0.435 e. The first kappa shape index (κ1) is 21.3. The number of halogens is 3. The number of nitrogens with one attached hydrogen (secondary N) is 2. The van der Waals surface area contributed by atoms with Crippen LogP contribution >= 0.6 is 0 Å². The number of fused-ring (bicyclic) bond motifs is 1. The standard InChI is InChI=1S/C19H24F3N7O2/c1-9-14-16(28(3)15(10(2)31-4)17(30)25-14)26-18(23-9)24-11-7-12(8-11)29-6-5-13(27-29)19(20,21)22/h5-6,10-12,15H,7-8H2,1-4H3,(H,25,30)(H,23,24,26)/t10-,11-,12-,15+/m1/s1. The lowest BCUT2D eigenvalue weighted by atomic mass is 9.87. The van der Waals surface area contributed by atoms with Crippen LogP contribution in [-0.2, 0) is 15.7 Å². The molecule has 2 aliphatic rings. The van der Waals surface area contributed by atoms with Gasteiger partial charge in [-0.3, -0.25) is 9.48 Å². The summed E-state index contributed by atoms with van der Waals surface area (Å²) >= 11 is 0. The third-order valence-corrected chi connectivity index (χ3v) is 5.87. The summed E-state index contributed by atoms with van der Waals surface area (Å²) in [5.41, 5.74) is 0.289. The van der Waals surface area contributed by atoms with Crippen molar-refractivity contribution in [2.24, 2.45) is 0 Å². The molecule has 0 unspecified atom stereocenters. The molecule has 9 nitrogen and oxygen atoms in total. The number of anilines is 3. The van der Waals surface area contributed by atoms with E-state index in [1.165, 1.54) is 10.9 Å². The second kappa shape index (κ2) is 7.66. The number of aryl methyl sites for hydroxylation is 1. The van der Waals surface area contributed by atoms with E-state index in [0.717, 1.165) is 6.07 Å². The van der Waals surface area contributed by atoms with Crippen molar-refractivity contribution in [3.63, 3.8) is 0 Å². The molecule has 1 aliphatic carbocycles. The molecule has 2 N–H and O–H groups in total. The Morgan fingerprint density at radius 1 is 1.32 bits per heavy atom. The average Bonchev–Trinajstić information content (AvgIpc) is 3.15. The number of alkyl halides is 3. The van der Waals surface area contributed by atoms with Crippen molar-refractivity contribution in [1.29, 1.82) is 0 Å². The number of likely N-dealkylation sites (N-methyl/N-ethyl adjacent to an activating group) is 1. The van der Waals surface area contributed by atoms with Crippen molar-refractivity contribution in [2.75, 3.05) is 29.7 Å². The lowest BCUT2D eigenvalue weighted by Gasteiger charge is -2.38. The Morgan fingerprint density at radius 3 is 2.65 bits per heavy atom. The van der Waals surface area contributed by atoms with Crippen LogP contribution in [-0.4, -0.2) is 58.0 Å². The van der Waals surface area contributed by atoms with Crippen molar-refractivity contribution in [1.82, 2.24) is 19.7 Å². The predicted molar refractivity (Wildman–Crippen MR) is 107 cm³/mol. The number of rotatable bonds is 5. The Balaban J connectivity index is 1.45. The van der Waals surface area contributed by atoms with Crippen LogP contribution in [0.4, 0.5) is 30.6 Å². The number of carbonyl (C=O) groups is 1. The van der Waals surface area contributed by atoms with Gasteiger partial charge in [0.1, 0.15) is 11.7 Å². The lowest BCUT2D eigenvalue weighted by Crippen LogP contribution is -2.53. The number of methoxy groups -OCH3 is 1. The minimum atomic E-state index is -4.44. The van der Waals surface area contributed by atoms with Crippen molar-refractivity contribution in [3.8, 4) is 0 Å². The highest BCUT2D eigenvalue weighted by atomic mass is 19.4. The second-order valence-corrected chi connectivity index (χ2v) is 7.96. The first-order valence-electron chi connectivity index (χ1n) is 9.92. The van der Waals surface area contributed by atoms with Crippen molar-refractivity contribution in [2.45, 2.75) is 57.1 Å². The zero-order valence-corrected chi connectivity index (χ0v) is 17.6. The monoisotopic (exact) mass is 439 g/mol. The summed E-state index contributed by atoms with van der Waals surface area (Å²) in [6, 6.07) is 0.355. The van der Waals surface area contributed by atoms with Crippen LogP contribution in [0.15, 0.2) is 12.3 Å². The van der Waals surface area contributed by atoms with E-state index in [0.29, 0.717) is 36.0 Å². The zero-order valence-electron chi connectivity index (χ0n) is 17.6. The van der Waals surface area contributed by atoms with Crippen LogP contribution in [0.3, 0.4) is 0 Å². The highest BCUT2D eigenvalue weighted by Gasteiger charge is 2.39. The van der Waals surface area contributed by atoms with Gasteiger partial charge in [-0.25, -0.2) is 4.98 Å². The molecule has 1 fully saturated rings. The summed E-state index contributed by atoms with van der Waals surface area (Å²) < 4.78 is 44.9. The van der Waals surface area contributed by atoms with E-state index in [1.54, 1.807) is 26.0 Å². The van der Waals surface area contributed by atoms with Gasteiger partial charge in [-0.2, -0.15) is 23.3 Å². The number of nitrogens with zero attached hydrogens (tertiary/aromatic N) is 5. The minimum absolute atomic E-state index is 0.0122. The van der Waals surface area contributed by atoms with E-state index < -0.39 is 17.9 Å². The molecule has 0 spiro atoms. The summed E-state index contributed by atoms with van der Waals surface area (Å²) in [5.74, 6) is 0.806. The molecule has 4 rings (SSSR count). The Kier molecular flexibility index (Phi) is 5.28. The van der Waals surface area contributed by atoms with Gasteiger partial charge in [0.2, 0.25) is 11.9 Å². The van der Waals surface area contributed by atoms with Crippen LogP contribution in [0.5, 0.6) is 0 Å². The fourth-order valence-corrected chi connectivity index (χ4v) is 3.98. The summed E-state index contributed by atoms with van der Waals surface area (Å²) in [5, 5.41) is 9.74. The third-order valence-electron chi connectivity index (χ3n) is 5.87. The van der Waals surface area contributed by atoms with Crippen molar-refractivity contribution < 1.29 is 22.7 Å². The molecule has 3 heterocycles. The van der Waals surface area contributed by atoms with Gasteiger partial charge in [0.25, 0.3) is 0 Å². The Hall–Kier alpha value is -2.89. The SMILES string of the molecule is CO[C@H](C)[C@H]1C(=O)Nc2c(C)nc(N[C@H]3C[C@H](n4ccc(C(F)(F)F)n4)C3)nc2N1C. The minimum Gasteiger partial charge on any atom is -0.379 e. The summed E-state index contributed by atoms with van der Waals surface area (Å²) in [6.45, 7) is 3.60. The van der Waals surface area contributed by atoms with E-state index in [2.05, 4.69) is 25.7 Å². The Bertz CT molecular complexity index is 987. The smallest absolute Gasteiger partial charge is 0.379 e. The second-order valence-electron chi connectivity index (χ2n) is 7.96. The zero-order chi connectivity index (χ0) is 22.5. The molecule has 1 amide bonds. The molecule has 1 aliphatic heterocycles. The van der Waals surface area contributed by atoms with Crippen LogP contribution < -0.4 is 15.5 Å². The lowest BCUT2D eigenvalue weighted by molar-refractivity contribution is -0.141. The van der Waals surface area contributed by atoms with Crippen LogP contribution in [0, 0.1) is 6.92 Å². The summed E-state index contributed by atoms with van der Waals surface area (Å²) in [4.78, 5) is 23.3. The van der Waals surface area contributed by atoms with Gasteiger partial charge in [0, 0.05) is 26.4 Å². The van der Waals surface area contributed by atoms with Gasteiger partial charge in [-0.15, -0.1) is 0 Å². The number of hydrogen-bond acceptors (Lipinski definition) is 7. The van der Waals surface area contributed by atoms with Gasteiger partial charge in [-0.05, 0) is 32.8 Å². The van der Waals surface area contributed by atoms with E-state index in [1.807, 2.05) is 6.92 Å². The van der Waals surface area contributed by atoms with Crippen molar-refractivity contribution in [3.05, 3.63) is 23.7 Å². The molecule has 2 aromatic heterocycles. The van der Waals surface area contributed by atoms with Gasteiger partial charge in [0.15, 0.2) is 11.5 Å². The average molecular weight is 439 g/mol. The Labute approximate surface area is 177 Å². The highest BCUT2D eigenvalue weighted by molar-refractivity contribution is 6.03. The molecular weight excluding hydrogens is 415 g/mol. The quantitative estimate of drug-likeness (QED) is 0.739. The van der Waals surface area contributed by atoms with Gasteiger partial charge in [-0.1, -0.05) is 0 Å². The first-order chi connectivity index (χ1) is 14.6. The fourth-order valence-electron chi connectivity index (χ4n) is 3.98. The topological polar surface area (TPSA) is 97.2 Å². The molecule has 0 aromatic carbocycles. The van der Waals surface area contributed by atoms with Gasteiger partial charge < -0.3 is 20.3 Å². The fraction of sp³-hybridized carbons (Fsp3) is 0.579. The van der Waals surface area contributed by atoms with E-state index in [9.17, 15) is 18.0 Å². The van der Waals surface area contributed by atoms with Gasteiger partial charge in [0.05, 0.1) is 17.8 Å². The molecule has 2 atom stereocenters. The highest BCUT2D eigenvalue weighted by Crippen LogP contribution is 2.37. The number of amides is 1. The van der Waals surface area contributed by atoms with Crippen LogP contribution in [0.2, 0.25) is 0 Å². The molecule has 0 radical (unpaired) electrons. The number of carbonyl (C=O) groups excluding carboxylic acids is 1. The normalized spacial score (nSPS) is 24.3. The molecule has 0 bridgehead atoms. The number of aromatic nitrogens is 4. The third kappa shape index (κ3) is 3.91.